The second-order valence-corrected chi connectivity index (χ2v) is 5.50. The number of benzene rings is 2. The van der Waals surface area contributed by atoms with Crippen LogP contribution in [0.25, 0.3) is 0 Å². The maximum atomic E-state index is 11.8. The minimum Gasteiger partial charge on any atom is -0.485 e. The van der Waals surface area contributed by atoms with Crippen molar-refractivity contribution in [2.75, 3.05) is 20.2 Å². The van der Waals surface area contributed by atoms with E-state index in [1.807, 2.05) is 62.5 Å². The van der Waals surface area contributed by atoms with E-state index in [1.165, 1.54) is 0 Å². The fourth-order valence-corrected chi connectivity index (χ4v) is 1.99. The summed E-state index contributed by atoms with van der Waals surface area (Å²) in [5.74, 6) is 1.03. The Kier molecular flexibility index (Phi) is 7.11. The summed E-state index contributed by atoms with van der Waals surface area (Å²) >= 11 is 0. The molecule has 5 heteroatoms. The molecular weight excluding hydrogens is 304 g/mol. The van der Waals surface area contributed by atoms with Crippen molar-refractivity contribution in [3.05, 3.63) is 60.2 Å². The molecule has 1 amide bonds. The second-order valence-electron chi connectivity index (χ2n) is 5.50. The van der Waals surface area contributed by atoms with E-state index < -0.39 is 0 Å². The SMILES string of the molecule is CNC(C)CNC(=O)COc1ccccc1OCc1ccccc1. The Hall–Kier alpha value is -2.53. The van der Waals surface area contributed by atoms with Gasteiger partial charge in [-0.1, -0.05) is 42.5 Å². The van der Waals surface area contributed by atoms with Crippen LogP contribution < -0.4 is 20.1 Å². The van der Waals surface area contributed by atoms with Gasteiger partial charge in [-0.15, -0.1) is 0 Å². The Balaban J connectivity index is 1.85. The van der Waals surface area contributed by atoms with Crippen molar-refractivity contribution in [2.45, 2.75) is 19.6 Å². The number of amides is 1. The van der Waals surface area contributed by atoms with Gasteiger partial charge in [-0.2, -0.15) is 0 Å². The highest BCUT2D eigenvalue weighted by atomic mass is 16.5. The number of rotatable bonds is 9. The summed E-state index contributed by atoms with van der Waals surface area (Å²) in [6.45, 7) is 2.97. The second kappa shape index (κ2) is 9.57. The van der Waals surface area contributed by atoms with Crippen molar-refractivity contribution in [1.29, 1.82) is 0 Å². The van der Waals surface area contributed by atoms with Crippen LogP contribution in [0.3, 0.4) is 0 Å². The zero-order valence-corrected chi connectivity index (χ0v) is 14.1. The Morgan fingerprint density at radius 1 is 1.00 bits per heavy atom. The summed E-state index contributed by atoms with van der Waals surface area (Å²) in [5, 5.41) is 5.87. The average Bonchev–Trinajstić information content (AvgIpc) is 2.64. The molecule has 1 atom stereocenters. The quantitative estimate of drug-likeness (QED) is 0.742. The third-order valence-corrected chi connectivity index (χ3v) is 3.54. The van der Waals surface area contributed by atoms with Crippen LogP contribution in [-0.4, -0.2) is 32.1 Å². The lowest BCUT2D eigenvalue weighted by molar-refractivity contribution is -0.123. The first-order chi connectivity index (χ1) is 11.7. The van der Waals surface area contributed by atoms with E-state index in [0.717, 1.165) is 5.56 Å². The lowest BCUT2D eigenvalue weighted by Crippen LogP contribution is -2.39. The Morgan fingerprint density at radius 3 is 2.29 bits per heavy atom. The van der Waals surface area contributed by atoms with Gasteiger partial charge < -0.3 is 20.1 Å². The highest BCUT2D eigenvalue weighted by Crippen LogP contribution is 2.27. The molecule has 0 heterocycles. The Bertz CT molecular complexity index is 632. The van der Waals surface area contributed by atoms with Gasteiger partial charge in [0, 0.05) is 12.6 Å². The molecule has 0 fully saturated rings. The predicted octanol–water partition coefficient (Wildman–Crippen LogP) is 2.37. The smallest absolute Gasteiger partial charge is 0.257 e. The van der Waals surface area contributed by atoms with Crippen LogP contribution in [0.4, 0.5) is 0 Å². The molecule has 0 bridgehead atoms. The van der Waals surface area contributed by atoms with E-state index in [-0.39, 0.29) is 18.6 Å². The van der Waals surface area contributed by atoms with Crippen molar-refractivity contribution in [3.63, 3.8) is 0 Å². The van der Waals surface area contributed by atoms with Gasteiger partial charge in [-0.25, -0.2) is 0 Å². The topological polar surface area (TPSA) is 59.6 Å². The first-order valence-corrected chi connectivity index (χ1v) is 8.01. The number of likely N-dealkylation sites (N-methyl/N-ethyl adjacent to an activating group) is 1. The zero-order valence-electron chi connectivity index (χ0n) is 14.1. The van der Waals surface area contributed by atoms with Crippen molar-refractivity contribution in [2.24, 2.45) is 0 Å². The van der Waals surface area contributed by atoms with E-state index in [9.17, 15) is 4.79 Å². The number of nitrogens with one attached hydrogen (secondary N) is 2. The van der Waals surface area contributed by atoms with E-state index in [1.54, 1.807) is 6.07 Å². The van der Waals surface area contributed by atoms with Crippen LogP contribution in [-0.2, 0) is 11.4 Å². The van der Waals surface area contributed by atoms with Crippen LogP contribution in [0.2, 0.25) is 0 Å². The summed E-state index contributed by atoms with van der Waals surface area (Å²) in [6.07, 6.45) is 0. The summed E-state index contributed by atoms with van der Waals surface area (Å²) in [6, 6.07) is 17.5. The lowest BCUT2D eigenvalue weighted by atomic mass is 10.2. The first-order valence-electron chi connectivity index (χ1n) is 8.01. The number of carbonyl (C=O) groups excluding carboxylic acids is 1. The van der Waals surface area contributed by atoms with Gasteiger partial charge in [-0.05, 0) is 31.7 Å². The van der Waals surface area contributed by atoms with Gasteiger partial charge in [0.2, 0.25) is 0 Å². The number of hydrogen-bond acceptors (Lipinski definition) is 4. The minimum absolute atomic E-state index is 0.0395. The summed E-state index contributed by atoms with van der Waals surface area (Å²) in [7, 11) is 1.85. The molecule has 0 aliphatic rings. The van der Waals surface area contributed by atoms with Gasteiger partial charge >= 0.3 is 0 Å². The van der Waals surface area contributed by atoms with Gasteiger partial charge in [0.25, 0.3) is 5.91 Å². The molecule has 2 N–H and O–H groups in total. The molecule has 0 spiro atoms. The zero-order chi connectivity index (χ0) is 17.2. The molecule has 128 valence electrons. The molecule has 2 aromatic carbocycles. The predicted molar refractivity (Wildman–Crippen MR) is 94.2 cm³/mol. The van der Waals surface area contributed by atoms with Crippen LogP contribution in [0.5, 0.6) is 11.5 Å². The fourth-order valence-electron chi connectivity index (χ4n) is 1.99. The Morgan fingerprint density at radius 2 is 1.62 bits per heavy atom. The van der Waals surface area contributed by atoms with Crippen LogP contribution in [0.15, 0.2) is 54.6 Å². The van der Waals surface area contributed by atoms with Crippen LogP contribution in [0, 0.1) is 0 Å². The van der Waals surface area contributed by atoms with E-state index in [4.69, 9.17) is 9.47 Å². The molecule has 0 saturated heterocycles. The maximum Gasteiger partial charge on any atom is 0.257 e. The van der Waals surface area contributed by atoms with Crippen molar-refractivity contribution in [3.8, 4) is 11.5 Å². The molecule has 0 radical (unpaired) electrons. The fraction of sp³-hybridized carbons (Fsp3) is 0.316. The number of carbonyl (C=O) groups is 1. The molecule has 5 nitrogen and oxygen atoms in total. The molecule has 2 rings (SSSR count). The van der Waals surface area contributed by atoms with Gasteiger partial charge in [0.15, 0.2) is 18.1 Å². The van der Waals surface area contributed by atoms with E-state index in [2.05, 4.69) is 10.6 Å². The van der Waals surface area contributed by atoms with Crippen molar-refractivity contribution < 1.29 is 14.3 Å². The number of ether oxygens (including phenoxy) is 2. The van der Waals surface area contributed by atoms with E-state index >= 15 is 0 Å². The normalized spacial score (nSPS) is 11.6. The molecular formula is C19H24N2O3. The van der Waals surface area contributed by atoms with Crippen molar-refractivity contribution in [1.82, 2.24) is 10.6 Å². The summed E-state index contributed by atoms with van der Waals surface area (Å²) < 4.78 is 11.4. The Labute approximate surface area is 143 Å². The highest BCUT2D eigenvalue weighted by Gasteiger charge is 2.08. The highest BCUT2D eigenvalue weighted by molar-refractivity contribution is 5.77. The van der Waals surface area contributed by atoms with Gasteiger partial charge in [0.05, 0.1) is 0 Å². The molecule has 2 aromatic rings. The van der Waals surface area contributed by atoms with Gasteiger partial charge in [-0.3, -0.25) is 4.79 Å². The molecule has 0 aromatic heterocycles. The third kappa shape index (κ3) is 5.93. The lowest BCUT2D eigenvalue weighted by Gasteiger charge is -2.14. The average molecular weight is 328 g/mol. The van der Waals surface area contributed by atoms with E-state index in [0.29, 0.717) is 24.7 Å². The van der Waals surface area contributed by atoms with Gasteiger partial charge in [0.1, 0.15) is 6.61 Å². The summed E-state index contributed by atoms with van der Waals surface area (Å²) in [4.78, 5) is 11.8. The van der Waals surface area contributed by atoms with Crippen LogP contribution >= 0.6 is 0 Å². The van der Waals surface area contributed by atoms with Crippen LogP contribution in [0.1, 0.15) is 12.5 Å². The molecule has 0 aliphatic heterocycles. The number of para-hydroxylation sites is 2. The standard InChI is InChI=1S/C19H24N2O3/c1-15(20-2)12-21-19(22)14-24-18-11-7-6-10-17(18)23-13-16-8-4-3-5-9-16/h3-11,15,20H,12-14H2,1-2H3,(H,21,22). The monoisotopic (exact) mass is 328 g/mol. The third-order valence-electron chi connectivity index (χ3n) is 3.54. The summed E-state index contributed by atoms with van der Waals surface area (Å²) in [5.41, 5.74) is 1.08. The maximum absolute atomic E-state index is 11.8. The molecule has 0 aliphatic carbocycles. The molecule has 0 saturated carbocycles. The largest absolute Gasteiger partial charge is 0.485 e. The minimum atomic E-state index is -0.157. The molecule has 1 unspecified atom stereocenters. The molecule has 24 heavy (non-hydrogen) atoms. The van der Waals surface area contributed by atoms with Crippen molar-refractivity contribution >= 4 is 5.91 Å². The first kappa shape index (κ1) is 17.8. The number of hydrogen-bond donors (Lipinski definition) is 2.